The van der Waals surface area contributed by atoms with Crippen molar-refractivity contribution >= 4 is 0 Å². The Morgan fingerprint density at radius 1 is 1.33 bits per heavy atom. The fourth-order valence-electron chi connectivity index (χ4n) is 0.955. The number of benzene rings is 1. The number of rotatable bonds is 2. The molecular weight excluding hydrogens is 162 g/mol. The Labute approximate surface area is 69.7 Å². The third-order valence-corrected chi connectivity index (χ3v) is 1.72. The van der Waals surface area contributed by atoms with Crippen molar-refractivity contribution in [2.75, 3.05) is 0 Å². The molecule has 0 radical (unpaired) electrons. The predicted octanol–water partition coefficient (Wildman–Crippen LogP) is 2.41. The van der Waals surface area contributed by atoms with Gasteiger partial charge in [-0.1, -0.05) is 13.0 Å². The largest absolute Gasteiger partial charge is 0.388 e. The molecule has 0 fully saturated rings. The summed E-state index contributed by atoms with van der Waals surface area (Å²) < 4.78 is 25.0. The Hall–Kier alpha value is -0.960. The maximum Gasteiger partial charge on any atom is 0.159 e. The van der Waals surface area contributed by atoms with Crippen molar-refractivity contribution in [2.45, 2.75) is 19.4 Å². The van der Waals surface area contributed by atoms with Crippen LogP contribution in [0.15, 0.2) is 18.2 Å². The lowest BCUT2D eigenvalue weighted by atomic mass is 10.1. The zero-order chi connectivity index (χ0) is 9.14. The number of halogens is 2. The normalized spacial score (nSPS) is 13.0. The van der Waals surface area contributed by atoms with E-state index in [4.69, 9.17) is 0 Å². The zero-order valence-electron chi connectivity index (χ0n) is 6.72. The summed E-state index contributed by atoms with van der Waals surface area (Å²) in [5.74, 6) is -1.80. The van der Waals surface area contributed by atoms with Crippen LogP contribution < -0.4 is 0 Å². The monoisotopic (exact) mass is 172 g/mol. The molecule has 0 aliphatic rings. The Bertz CT molecular complexity index is 273. The minimum atomic E-state index is -0.917. The summed E-state index contributed by atoms with van der Waals surface area (Å²) in [7, 11) is 0. The molecule has 1 aromatic carbocycles. The van der Waals surface area contributed by atoms with Crippen LogP contribution in [0.25, 0.3) is 0 Å². The molecule has 0 spiro atoms. The molecule has 1 aromatic rings. The van der Waals surface area contributed by atoms with Crippen LogP contribution in [-0.2, 0) is 0 Å². The van der Waals surface area contributed by atoms with E-state index in [1.807, 2.05) is 0 Å². The molecule has 0 heterocycles. The van der Waals surface area contributed by atoms with Crippen molar-refractivity contribution in [3.8, 4) is 0 Å². The molecule has 0 aliphatic carbocycles. The first-order valence-electron chi connectivity index (χ1n) is 3.78. The molecule has 0 aliphatic heterocycles. The third kappa shape index (κ3) is 1.80. The Balaban J connectivity index is 2.96. The van der Waals surface area contributed by atoms with Gasteiger partial charge in [0, 0.05) is 0 Å². The summed E-state index contributed by atoms with van der Waals surface area (Å²) in [6, 6.07) is 3.42. The van der Waals surface area contributed by atoms with Gasteiger partial charge in [-0.15, -0.1) is 0 Å². The van der Waals surface area contributed by atoms with Gasteiger partial charge in [0.2, 0.25) is 0 Å². The van der Waals surface area contributed by atoms with Crippen molar-refractivity contribution in [3.63, 3.8) is 0 Å². The quantitative estimate of drug-likeness (QED) is 0.726. The summed E-state index contributed by atoms with van der Waals surface area (Å²) in [4.78, 5) is 0. The van der Waals surface area contributed by atoms with E-state index in [2.05, 4.69) is 0 Å². The van der Waals surface area contributed by atoms with E-state index < -0.39 is 17.7 Å². The molecule has 12 heavy (non-hydrogen) atoms. The van der Waals surface area contributed by atoms with Gasteiger partial charge < -0.3 is 5.11 Å². The molecule has 0 aromatic heterocycles. The van der Waals surface area contributed by atoms with E-state index in [9.17, 15) is 13.9 Å². The molecule has 0 amide bonds. The van der Waals surface area contributed by atoms with Gasteiger partial charge in [0.25, 0.3) is 0 Å². The minimum Gasteiger partial charge on any atom is -0.388 e. The van der Waals surface area contributed by atoms with Gasteiger partial charge >= 0.3 is 0 Å². The Kier molecular flexibility index (Phi) is 2.76. The standard InChI is InChI=1S/C9H10F2O/c1-2-9(12)6-3-4-7(10)8(11)5-6/h3-5,9,12H,2H2,1H3. The van der Waals surface area contributed by atoms with Crippen molar-refractivity contribution in [1.29, 1.82) is 0 Å². The molecular formula is C9H10F2O. The van der Waals surface area contributed by atoms with E-state index in [1.54, 1.807) is 6.92 Å². The highest BCUT2D eigenvalue weighted by molar-refractivity contribution is 5.19. The molecule has 1 unspecified atom stereocenters. The summed E-state index contributed by atoms with van der Waals surface area (Å²) in [5, 5.41) is 9.26. The molecule has 0 bridgehead atoms. The molecule has 0 saturated carbocycles. The smallest absolute Gasteiger partial charge is 0.159 e. The van der Waals surface area contributed by atoms with Crippen LogP contribution >= 0.6 is 0 Å². The molecule has 0 saturated heterocycles. The van der Waals surface area contributed by atoms with Crippen molar-refractivity contribution in [1.82, 2.24) is 0 Å². The van der Waals surface area contributed by atoms with E-state index in [1.165, 1.54) is 6.07 Å². The molecule has 3 heteroatoms. The van der Waals surface area contributed by atoms with Crippen molar-refractivity contribution in [3.05, 3.63) is 35.4 Å². The van der Waals surface area contributed by atoms with E-state index in [0.717, 1.165) is 12.1 Å². The van der Waals surface area contributed by atoms with Gasteiger partial charge in [0.1, 0.15) is 0 Å². The zero-order valence-corrected chi connectivity index (χ0v) is 6.72. The summed E-state index contributed by atoms with van der Waals surface area (Å²) in [5.41, 5.74) is 0.413. The maximum absolute atomic E-state index is 12.6. The van der Waals surface area contributed by atoms with Crippen LogP contribution in [0.4, 0.5) is 8.78 Å². The fourth-order valence-corrected chi connectivity index (χ4v) is 0.955. The topological polar surface area (TPSA) is 20.2 Å². The first-order valence-corrected chi connectivity index (χ1v) is 3.78. The molecule has 66 valence electrons. The van der Waals surface area contributed by atoms with E-state index in [-0.39, 0.29) is 0 Å². The van der Waals surface area contributed by atoms with Crippen LogP contribution in [0, 0.1) is 11.6 Å². The van der Waals surface area contributed by atoms with Gasteiger partial charge in [-0.05, 0) is 24.1 Å². The van der Waals surface area contributed by atoms with Crippen LogP contribution in [0.1, 0.15) is 25.0 Å². The number of aliphatic hydroxyl groups excluding tert-OH is 1. The van der Waals surface area contributed by atoms with Crippen LogP contribution in [-0.4, -0.2) is 5.11 Å². The molecule has 1 atom stereocenters. The third-order valence-electron chi connectivity index (χ3n) is 1.72. The minimum absolute atomic E-state index is 0.413. The molecule has 1 rings (SSSR count). The first kappa shape index (κ1) is 9.13. The second-order valence-electron chi connectivity index (χ2n) is 2.60. The highest BCUT2D eigenvalue weighted by Gasteiger charge is 2.07. The highest BCUT2D eigenvalue weighted by Crippen LogP contribution is 2.18. The van der Waals surface area contributed by atoms with Crippen LogP contribution in [0.5, 0.6) is 0 Å². The van der Waals surface area contributed by atoms with Crippen molar-refractivity contribution in [2.24, 2.45) is 0 Å². The van der Waals surface area contributed by atoms with Gasteiger partial charge in [-0.2, -0.15) is 0 Å². The molecule has 1 nitrogen and oxygen atoms in total. The maximum atomic E-state index is 12.6. The van der Waals surface area contributed by atoms with Gasteiger partial charge in [0.15, 0.2) is 11.6 Å². The SMILES string of the molecule is CCC(O)c1ccc(F)c(F)c1. The van der Waals surface area contributed by atoms with E-state index in [0.29, 0.717) is 12.0 Å². The van der Waals surface area contributed by atoms with Crippen LogP contribution in [0.3, 0.4) is 0 Å². The van der Waals surface area contributed by atoms with Gasteiger partial charge in [0.05, 0.1) is 6.10 Å². The number of hydrogen-bond acceptors (Lipinski definition) is 1. The van der Waals surface area contributed by atoms with Crippen molar-refractivity contribution < 1.29 is 13.9 Å². The summed E-state index contributed by atoms with van der Waals surface area (Å²) in [6.45, 7) is 1.77. The van der Waals surface area contributed by atoms with E-state index >= 15 is 0 Å². The first-order chi connectivity index (χ1) is 5.65. The van der Waals surface area contributed by atoms with Gasteiger partial charge in [-0.25, -0.2) is 8.78 Å². The molecule has 1 N–H and O–H groups in total. The van der Waals surface area contributed by atoms with Crippen LogP contribution in [0.2, 0.25) is 0 Å². The second kappa shape index (κ2) is 3.63. The lowest BCUT2D eigenvalue weighted by Gasteiger charge is -2.07. The fraction of sp³-hybridized carbons (Fsp3) is 0.333. The Morgan fingerprint density at radius 2 is 2.00 bits per heavy atom. The van der Waals surface area contributed by atoms with Gasteiger partial charge in [-0.3, -0.25) is 0 Å². The predicted molar refractivity (Wildman–Crippen MR) is 41.6 cm³/mol. The lowest BCUT2D eigenvalue weighted by molar-refractivity contribution is 0.173. The second-order valence-corrected chi connectivity index (χ2v) is 2.60. The summed E-state index contributed by atoms with van der Waals surface area (Å²) in [6.07, 6.45) is -0.217. The summed E-state index contributed by atoms with van der Waals surface area (Å²) >= 11 is 0. The Morgan fingerprint density at radius 3 is 2.50 bits per heavy atom. The number of aliphatic hydroxyl groups is 1. The lowest BCUT2D eigenvalue weighted by Crippen LogP contribution is -1.96. The number of hydrogen-bond donors (Lipinski definition) is 1. The average molecular weight is 172 g/mol. The average Bonchev–Trinajstić information content (AvgIpc) is 2.08. The highest BCUT2D eigenvalue weighted by atomic mass is 19.2.